The van der Waals surface area contributed by atoms with E-state index in [0.717, 1.165) is 24.9 Å². The van der Waals surface area contributed by atoms with Crippen molar-refractivity contribution in [3.05, 3.63) is 46.3 Å². The molecular weight excluding hydrogens is 526 g/mol. The summed E-state index contributed by atoms with van der Waals surface area (Å²) in [6.07, 6.45) is 1.97. The van der Waals surface area contributed by atoms with Crippen molar-refractivity contribution in [2.75, 3.05) is 38.3 Å². The maximum absolute atomic E-state index is 13.8. The van der Waals surface area contributed by atoms with Gasteiger partial charge in [-0.05, 0) is 50.3 Å². The third kappa shape index (κ3) is 6.13. The van der Waals surface area contributed by atoms with Crippen LogP contribution in [0.2, 0.25) is 0 Å². The predicted molar refractivity (Wildman–Crippen MR) is 155 cm³/mol. The summed E-state index contributed by atoms with van der Waals surface area (Å²) in [5, 5.41) is 20.6. The molecule has 2 aliphatic rings. The molecule has 2 aliphatic heterocycles. The first kappa shape index (κ1) is 29.8. The average Bonchev–Trinajstić information content (AvgIpc) is 3.47. The summed E-state index contributed by atoms with van der Waals surface area (Å²) < 4.78 is 11.5. The Morgan fingerprint density at radius 3 is 2.51 bits per heavy atom. The largest absolute Gasteiger partial charge is 0.491 e. The number of amides is 1. The molecule has 3 N–H and O–H groups in total. The molecule has 2 aromatic rings. The Hall–Kier alpha value is -4.15. The van der Waals surface area contributed by atoms with Crippen LogP contribution in [0.5, 0.6) is 11.5 Å². The lowest BCUT2D eigenvalue weighted by molar-refractivity contribution is -0.139. The van der Waals surface area contributed by atoms with Gasteiger partial charge in [-0.15, -0.1) is 0 Å². The Morgan fingerprint density at radius 1 is 1.20 bits per heavy atom. The van der Waals surface area contributed by atoms with Gasteiger partial charge in [0.05, 0.1) is 18.8 Å². The highest BCUT2D eigenvalue weighted by atomic mass is 16.5. The summed E-state index contributed by atoms with van der Waals surface area (Å²) in [7, 11) is 1.50. The van der Waals surface area contributed by atoms with Gasteiger partial charge in [0.2, 0.25) is 0 Å². The van der Waals surface area contributed by atoms with Crippen LogP contribution in [0.1, 0.15) is 85.1 Å². The second-order valence-electron chi connectivity index (χ2n) is 11.5. The van der Waals surface area contributed by atoms with Gasteiger partial charge in [-0.2, -0.15) is 0 Å². The first-order valence-electron chi connectivity index (χ1n) is 13.9. The molecule has 0 saturated carbocycles. The number of carboxylic acids is 1. The fraction of sp³-hybridized carbons (Fsp3) is 0.500. The molecule has 41 heavy (non-hydrogen) atoms. The molecule has 220 valence electrons. The lowest BCUT2D eigenvalue weighted by Gasteiger charge is -2.31. The number of ketones is 1. The number of anilines is 1. The molecule has 11 nitrogen and oxygen atoms in total. The molecule has 1 saturated heterocycles. The Morgan fingerprint density at radius 2 is 1.93 bits per heavy atom. The number of carbonyl (C=O) groups excluding carboxylic acids is 2. The highest BCUT2D eigenvalue weighted by Gasteiger charge is 2.33. The molecule has 0 bridgehead atoms. The molecule has 1 fully saturated rings. The van der Waals surface area contributed by atoms with Crippen molar-refractivity contribution in [1.29, 1.82) is 5.41 Å². The number of aliphatic carboxylic acids is 1. The number of carbonyl (C=O) groups is 3. The summed E-state index contributed by atoms with van der Waals surface area (Å²) in [5.74, 6) is -0.793. The van der Waals surface area contributed by atoms with E-state index in [1.54, 1.807) is 23.1 Å². The zero-order chi connectivity index (χ0) is 30.1. The molecular formula is C30H39N5O6. The van der Waals surface area contributed by atoms with Crippen LogP contribution in [0.15, 0.2) is 18.2 Å². The van der Waals surface area contributed by atoms with Gasteiger partial charge in [0.1, 0.15) is 17.3 Å². The molecule has 11 heteroatoms. The summed E-state index contributed by atoms with van der Waals surface area (Å²) in [6.45, 7) is 10.8. The van der Waals surface area contributed by atoms with Crippen LogP contribution in [0, 0.1) is 5.41 Å². The maximum atomic E-state index is 13.8. The second kappa shape index (κ2) is 11.8. The van der Waals surface area contributed by atoms with Gasteiger partial charge in [0, 0.05) is 42.9 Å². The summed E-state index contributed by atoms with van der Waals surface area (Å²) in [5.41, 5.74) is 2.64. The first-order valence-corrected chi connectivity index (χ1v) is 13.9. The van der Waals surface area contributed by atoms with Crippen LogP contribution in [-0.2, 0) is 16.8 Å². The SMILES string of the molecule is CCOc1cc2c(nc1C(=O)NC)C(=N)N(CC(=O)c1cc(N3CCCC3C)c(OCC(=O)O)c(C(C)(C)C)c1)C2. The van der Waals surface area contributed by atoms with Crippen LogP contribution in [0.25, 0.3) is 0 Å². The number of fused-ring (bicyclic) bond motifs is 1. The minimum absolute atomic E-state index is 0.0624. The molecule has 1 aromatic carbocycles. The predicted octanol–water partition coefficient (Wildman–Crippen LogP) is 3.61. The van der Waals surface area contributed by atoms with Crippen molar-refractivity contribution in [2.24, 2.45) is 0 Å². The van der Waals surface area contributed by atoms with E-state index in [-0.39, 0.29) is 36.4 Å². The number of nitrogens with one attached hydrogen (secondary N) is 2. The quantitative estimate of drug-likeness (QED) is 0.368. The molecule has 1 unspecified atom stereocenters. The smallest absolute Gasteiger partial charge is 0.341 e. The Kier molecular flexibility index (Phi) is 8.55. The number of Topliss-reactive ketones (excluding diaryl/α,β-unsaturated/α-hetero) is 1. The number of pyridine rings is 1. The standard InChI is InChI=1S/C30H39N5O6/c1-7-40-23-13-19-14-34(28(31)25(19)33-26(23)29(39)32-6)15-22(36)18-11-20(30(3,4)5)27(41-16-24(37)38)21(12-18)35-10-8-9-17(35)2/h11-13,17,31H,7-10,14-16H2,1-6H3,(H,32,39)(H,37,38). The number of ether oxygens (including phenoxy) is 2. The van der Waals surface area contributed by atoms with Crippen molar-refractivity contribution in [3.8, 4) is 11.5 Å². The van der Waals surface area contributed by atoms with Crippen LogP contribution < -0.4 is 19.7 Å². The molecule has 4 rings (SSSR count). The maximum Gasteiger partial charge on any atom is 0.341 e. The van der Waals surface area contributed by atoms with Crippen LogP contribution in [-0.4, -0.2) is 77.9 Å². The molecule has 0 spiro atoms. The fourth-order valence-electron chi connectivity index (χ4n) is 5.36. The molecule has 1 amide bonds. The lowest BCUT2D eigenvalue weighted by Crippen LogP contribution is -2.32. The van der Waals surface area contributed by atoms with Gasteiger partial charge in [0.25, 0.3) is 5.91 Å². The minimum atomic E-state index is -1.07. The van der Waals surface area contributed by atoms with Crippen molar-refractivity contribution in [1.82, 2.24) is 15.2 Å². The van der Waals surface area contributed by atoms with E-state index in [1.165, 1.54) is 7.05 Å². The highest BCUT2D eigenvalue weighted by Crippen LogP contribution is 2.43. The number of hydrogen-bond acceptors (Lipinski definition) is 8. The number of nitrogens with zero attached hydrogens (tertiary/aromatic N) is 3. The Balaban J connectivity index is 1.69. The van der Waals surface area contributed by atoms with E-state index < -0.39 is 23.9 Å². The zero-order valence-corrected chi connectivity index (χ0v) is 24.6. The number of benzene rings is 1. The lowest BCUT2D eigenvalue weighted by atomic mass is 9.84. The summed E-state index contributed by atoms with van der Waals surface area (Å²) >= 11 is 0. The third-order valence-electron chi connectivity index (χ3n) is 7.45. The van der Waals surface area contributed by atoms with E-state index in [4.69, 9.17) is 14.9 Å². The topological polar surface area (TPSA) is 145 Å². The fourth-order valence-corrected chi connectivity index (χ4v) is 5.36. The molecule has 1 atom stereocenters. The van der Waals surface area contributed by atoms with Gasteiger partial charge in [-0.1, -0.05) is 20.8 Å². The number of rotatable bonds is 10. The molecule has 0 radical (unpaired) electrons. The summed E-state index contributed by atoms with van der Waals surface area (Å²) in [6, 6.07) is 5.50. The Bertz CT molecular complexity index is 1380. The first-order chi connectivity index (χ1) is 19.3. The Labute approximate surface area is 240 Å². The average molecular weight is 566 g/mol. The van der Waals surface area contributed by atoms with Crippen molar-refractivity contribution in [2.45, 2.75) is 65.5 Å². The third-order valence-corrected chi connectivity index (χ3v) is 7.45. The van der Waals surface area contributed by atoms with E-state index in [0.29, 0.717) is 40.6 Å². The van der Waals surface area contributed by atoms with Crippen molar-refractivity contribution >= 4 is 29.2 Å². The van der Waals surface area contributed by atoms with E-state index in [1.807, 2.05) is 27.7 Å². The van der Waals surface area contributed by atoms with Crippen molar-refractivity contribution < 1.29 is 29.0 Å². The van der Waals surface area contributed by atoms with Gasteiger partial charge in [0.15, 0.2) is 23.8 Å². The number of amidine groups is 1. The van der Waals surface area contributed by atoms with Crippen LogP contribution >= 0.6 is 0 Å². The van der Waals surface area contributed by atoms with E-state index in [9.17, 15) is 19.5 Å². The van der Waals surface area contributed by atoms with Crippen LogP contribution in [0.4, 0.5) is 5.69 Å². The van der Waals surface area contributed by atoms with Gasteiger partial charge in [-0.25, -0.2) is 9.78 Å². The van der Waals surface area contributed by atoms with E-state index >= 15 is 0 Å². The van der Waals surface area contributed by atoms with Crippen LogP contribution in [0.3, 0.4) is 0 Å². The number of carboxylic acid groups (broad SMARTS) is 1. The van der Waals surface area contributed by atoms with Gasteiger partial charge < -0.3 is 29.7 Å². The molecule has 0 aliphatic carbocycles. The molecule has 3 heterocycles. The van der Waals surface area contributed by atoms with E-state index in [2.05, 4.69) is 22.1 Å². The monoisotopic (exact) mass is 565 g/mol. The summed E-state index contributed by atoms with van der Waals surface area (Å²) in [4.78, 5) is 45.8. The van der Waals surface area contributed by atoms with Gasteiger partial charge >= 0.3 is 5.97 Å². The normalized spacial score (nSPS) is 16.5. The van der Waals surface area contributed by atoms with Crippen molar-refractivity contribution in [3.63, 3.8) is 0 Å². The minimum Gasteiger partial charge on any atom is -0.491 e. The molecule has 1 aromatic heterocycles. The zero-order valence-electron chi connectivity index (χ0n) is 24.6. The number of aromatic nitrogens is 1. The van der Waals surface area contributed by atoms with Gasteiger partial charge in [-0.3, -0.25) is 15.0 Å². The number of hydrogen-bond donors (Lipinski definition) is 3. The highest BCUT2D eigenvalue weighted by molar-refractivity contribution is 6.06. The second-order valence-corrected chi connectivity index (χ2v) is 11.5.